The van der Waals surface area contributed by atoms with Crippen LogP contribution in [0.5, 0.6) is 0 Å². The first-order valence-corrected chi connectivity index (χ1v) is 12.0. The summed E-state index contributed by atoms with van der Waals surface area (Å²) >= 11 is 7.37. The van der Waals surface area contributed by atoms with Crippen LogP contribution in [0.1, 0.15) is 59.8 Å². The molecule has 3 fully saturated rings. The fourth-order valence-electron chi connectivity index (χ4n) is 7.50. The molecule has 2 N–H and O–H groups in total. The Balaban J connectivity index is 1.73. The second-order valence-corrected chi connectivity index (χ2v) is 11.2. The average molecular weight is 465 g/mol. The van der Waals surface area contributed by atoms with Gasteiger partial charge >= 0.3 is 5.97 Å². The summed E-state index contributed by atoms with van der Waals surface area (Å²) in [5.41, 5.74) is -2.38. The van der Waals surface area contributed by atoms with Crippen LogP contribution in [-0.2, 0) is 19.1 Å². The van der Waals surface area contributed by atoms with Gasteiger partial charge in [0.2, 0.25) is 5.78 Å². The van der Waals surface area contributed by atoms with Crippen molar-refractivity contribution >= 4 is 29.1 Å². The summed E-state index contributed by atoms with van der Waals surface area (Å²) in [6, 6.07) is 0. The molecule has 0 bridgehead atoms. The van der Waals surface area contributed by atoms with E-state index in [0.717, 1.165) is 5.57 Å². The Morgan fingerprint density at radius 1 is 1.28 bits per heavy atom. The summed E-state index contributed by atoms with van der Waals surface area (Å²) in [6.07, 6.45) is 6.24. The van der Waals surface area contributed by atoms with E-state index in [1.165, 1.54) is 6.08 Å². The average Bonchev–Trinajstić information content (AvgIpc) is 2.94. The van der Waals surface area contributed by atoms with Gasteiger partial charge in [0.25, 0.3) is 0 Å². The largest absolute Gasteiger partial charge is 0.458 e. The minimum atomic E-state index is -1.72. The lowest BCUT2D eigenvalue weighted by atomic mass is 9.45. The Kier molecular flexibility index (Phi) is 5.55. The van der Waals surface area contributed by atoms with Gasteiger partial charge in [0, 0.05) is 17.3 Å². The van der Waals surface area contributed by atoms with E-state index < -0.39 is 45.8 Å². The van der Waals surface area contributed by atoms with Crippen molar-refractivity contribution in [1.29, 1.82) is 0 Å². The van der Waals surface area contributed by atoms with Gasteiger partial charge in [-0.15, -0.1) is 11.6 Å². The van der Waals surface area contributed by atoms with Gasteiger partial charge in [0.15, 0.2) is 12.4 Å². The maximum atomic E-state index is 13.2. The van der Waals surface area contributed by atoms with Gasteiger partial charge in [0.05, 0.1) is 11.0 Å². The van der Waals surface area contributed by atoms with Gasteiger partial charge in [-0.2, -0.15) is 0 Å². The first-order valence-electron chi connectivity index (χ1n) is 11.6. The monoisotopic (exact) mass is 464 g/mol. The van der Waals surface area contributed by atoms with E-state index in [-0.39, 0.29) is 36.4 Å². The minimum Gasteiger partial charge on any atom is -0.458 e. The summed E-state index contributed by atoms with van der Waals surface area (Å²) in [4.78, 5) is 35.8. The van der Waals surface area contributed by atoms with Crippen molar-refractivity contribution in [2.75, 3.05) is 6.61 Å². The van der Waals surface area contributed by atoms with Crippen LogP contribution in [0.25, 0.3) is 0 Å². The van der Waals surface area contributed by atoms with Crippen LogP contribution in [0, 0.1) is 28.6 Å². The predicted octanol–water partition coefficient (Wildman–Crippen LogP) is 3.13. The highest BCUT2D eigenvalue weighted by Gasteiger charge is 2.74. The lowest BCUT2D eigenvalue weighted by molar-refractivity contribution is -0.182. The highest BCUT2D eigenvalue weighted by atomic mass is 35.5. The number of aliphatic hydroxyl groups excluding tert-OH is 1. The maximum absolute atomic E-state index is 13.2. The highest BCUT2D eigenvalue weighted by Crippen LogP contribution is 2.71. The summed E-state index contributed by atoms with van der Waals surface area (Å²) in [7, 11) is 0. The quantitative estimate of drug-likeness (QED) is 0.489. The predicted molar refractivity (Wildman–Crippen MR) is 119 cm³/mol. The van der Waals surface area contributed by atoms with Crippen LogP contribution in [0.2, 0.25) is 0 Å². The van der Waals surface area contributed by atoms with Gasteiger partial charge < -0.3 is 14.9 Å². The zero-order chi connectivity index (χ0) is 23.7. The SMILES string of the molecule is CCC(=O)OCC(=O)[C@@]1(O)[C@@H](C)C[C@H]2[C@H]3CCC4=CC(=O)C=C[C@]4(C)[C@@]3(Cl)[C@@H](O)C[C@@]21C. The second kappa shape index (κ2) is 7.51. The fourth-order valence-corrected chi connectivity index (χ4v) is 8.02. The lowest BCUT2D eigenvalue weighted by Crippen LogP contribution is -2.69. The molecule has 0 heterocycles. The molecule has 4 aliphatic carbocycles. The molecule has 0 radical (unpaired) electrons. The number of Topliss-reactive ketones (excluding diaryl/α,β-unsaturated/α-hetero) is 1. The number of fused-ring (bicyclic) bond motifs is 5. The smallest absolute Gasteiger partial charge is 0.305 e. The van der Waals surface area contributed by atoms with Crippen LogP contribution in [-0.4, -0.2) is 50.9 Å². The van der Waals surface area contributed by atoms with Crippen LogP contribution in [0.3, 0.4) is 0 Å². The zero-order valence-electron chi connectivity index (χ0n) is 19.2. The van der Waals surface area contributed by atoms with Crippen LogP contribution < -0.4 is 0 Å². The number of allylic oxidation sites excluding steroid dienone is 4. The van der Waals surface area contributed by atoms with Gasteiger partial charge in [-0.05, 0) is 55.6 Å². The molecule has 0 amide bonds. The Morgan fingerprint density at radius 2 is 1.97 bits per heavy atom. The third-order valence-electron chi connectivity index (χ3n) is 9.30. The van der Waals surface area contributed by atoms with Crippen molar-refractivity contribution in [2.24, 2.45) is 28.6 Å². The van der Waals surface area contributed by atoms with Gasteiger partial charge in [0.1, 0.15) is 5.60 Å². The number of alkyl halides is 1. The van der Waals surface area contributed by atoms with E-state index in [9.17, 15) is 24.6 Å². The first kappa shape index (κ1) is 23.7. The Bertz CT molecular complexity index is 925. The van der Waals surface area contributed by atoms with Crippen LogP contribution in [0.15, 0.2) is 23.8 Å². The van der Waals surface area contributed by atoms with Crippen molar-refractivity contribution in [1.82, 2.24) is 0 Å². The summed E-state index contributed by atoms with van der Waals surface area (Å²) < 4.78 is 5.07. The Morgan fingerprint density at radius 3 is 2.62 bits per heavy atom. The molecule has 32 heavy (non-hydrogen) atoms. The molecule has 0 saturated heterocycles. The Hall–Kier alpha value is -1.50. The molecule has 4 rings (SSSR count). The number of carbonyl (C=O) groups is 3. The van der Waals surface area contributed by atoms with Crippen LogP contribution in [0.4, 0.5) is 0 Å². The fraction of sp³-hybridized carbons (Fsp3) is 0.720. The van der Waals surface area contributed by atoms with E-state index in [0.29, 0.717) is 19.3 Å². The normalized spacial score (nSPS) is 47.2. The summed E-state index contributed by atoms with van der Waals surface area (Å²) in [5.74, 6) is -1.70. The van der Waals surface area contributed by atoms with E-state index in [4.69, 9.17) is 16.3 Å². The van der Waals surface area contributed by atoms with Gasteiger partial charge in [-0.3, -0.25) is 14.4 Å². The molecule has 0 aromatic rings. The van der Waals surface area contributed by atoms with Crippen molar-refractivity contribution in [2.45, 2.75) is 76.4 Å². The number of ketones is 2. The van der Waals surface area contributed by atoms with E-state index in [2.05, 4.69) is 0 Å². The standard InChI is InChI=1S/C25H33ClO6/c1-5-21(30)32-13-20(29)25(31)14(2)10-18-17-7-6-15-11-16(27)8-9-22(15,3)24(17,26)19(28)12-23(18,25)4/h8-9,11,14,17-19,28,31H,5-7,10,12-13H2,1-4H3/t14-,17+,18-,19-,22-,23-,24-,25-/m0/s1. The summed E-state index contributed by atoms with van der Waals surface area (Å²) in [5, 5.41) is 23.3. The number of carbonyl (C=O) groups excluding carboxylic acids is 3. The third-order valence-corrected chi connectivity index (χ3v) is 10.2. The van der Waals surface area contributed by atoms with E-state index >= 15 is 0 Å². The molecule has 176 valence electrons. The maximum Gasteiger partial charge on any atom is 0.305 e. The summed E-state index contributed by atoms with van der Waals surface area (Å²) in [6.45, 7) is 6.87. The Labute approximate surface area is 194 Å². The second-order valence-electron chi connectivity index (χ2n) is 10.6. The molecule has 6 nitrogen and oxygen atoms in total. The van der Waals surface area contributed by atoms with Gasteiger partial charge in [-0.25, -0.2) is 0 Å². The molecule has 8 atom stereocenters. The molecule has 3 saturated carbocycles. The number of rotatable bonds is 4. The molecule has 0 spiro atoms. The topological polar surface area (TPSA) is 101 Å². The number of hydrogen-bond donors (Lipinski definition) is 2. The first-order chi connectivity index (χ1) is 14.9. The number of esters is 1. The molecular formula is C25H33ClO6. The number of halogens is 1. The van der Waals surface area contributed by atoms with Gasteiger partial charge in [-0.1, -0.05) is 39.3 Å². The zero-order valence-corrected chi connectivity index (χ0v) is 19.9. The third kappa shape index (κ3) is 2.82. The number of ether oxygens (including phenoxy) is 1. The lowest BCUT2D eigenvalue weighted by Gasteiger charge is -2.63. The molecule has 4 aliphatic rings. The molecular weight excluding hydrogens is 432 g/mol. The van der Waals surface area contributed by atoms with E-state index in [1.807, 2.05) is 26.8 Å². The molecule has 0 unspecified atom stereocenters. The van der Waals surface area contributed by atoms with E-state index in [1.54, 1.807) is 13.0 Å². The minimum absolute atomic E-state index is 0.0672. The van der Waals surface area contributed by atoms with Crippen molar-refractivity contribution in [3.63, 3.8) is 0 Å². The van der Waals surface area contributed by atoms with Crippen LogP contribution >= 0.6 is 11.6 Å². The highest BCUT2D eigenvalue weighted by molar-refractivity contribution is 6.26. The molecule has 7 heteroatoms. The van der Waals surface area contributed by atoms with Crippen molar-refractivity contribution in [3.05, 3.63) is 23.8 Å². The van der Waals surface area contributed by atoms with Crippen molar-refractivity contribution < 1.29 is 29.3 Å². The molecule has 0 aliphatic heterocycles. The molecule has 0 aromatic heterocycles. The molecule has 0 aromatic carbocycles. The number of aliphatic hydroxyl groups is 2. The number of hydrogen-bond acceptors (Lipinski definition) is 6. The van der Waals surface area contributed by atoms with Crippen molar-refractivity contribution in [3.8, 4) is 0 Å².